The van der Waals surface area contributed by atoms with E-state index in [9.17, 15) is 0 Å². The molecule has 1 aliphatic heterocycles. The summed E-state index contributed by atoms with van der Waals surface area (Å²) >= 11 is 1.51. The molecule has 0 aliphatic carbocycles. The average Bonchev–Trinajstić information content (AvgIpc) is 3.00. The largest absolute Gasteiger partial charge is 0.340 e. The van der Waals surface area contributed by atoms with Crippen molar-refractivity contribution in [3.8, 4) is 0 Å². The van der Waals surface area contributed by atoms with Crippen LogP contribution in [0.1, 0.15) is 5.01 Å². The minimum atomic E-state index is -0.812. The van der Waals surface area contributed by atoms with Crippen LogP contribution in [-0.4, -0.2) is 33.2 Å². The third-order valence-corrected chi connectivity index (χ3v) is 3.23. The van der Waals surface area contributed by atoms with Crippen LogP contribution in [0.4, 0.5) is 0 Å². The molecule has 6 nitrogen and oxygen atoms in total. The Bertz CT molecular complexity index is 436. The van der Waals surface area contributed by atoms with E-state index in [1.54, 1.807) is 23.4 Å². The fourth-order valence-electron chi connectivity index (χ4n) is 1.66. The number of hydrogen-bond acceptors (Lipinski definition) is 6. The molecule has 7 heteroatoms. The molecule has 0 unspecified atom stereocenters. The molecule has 3 heterocycles. The summed E-state index contributed by atoms with van der Waals surface area (Å²) in [5, 5.41) is 10.8. The van der Waals surface area contributed by atoms with Crippen molar-refractivity contribution in [3.05, 3.63) is 29.0 Å². The van der Waals surface area contributed by atoms with Crippen LogP contribution < -0.4 is 0 Å². The van der Waals surface area contributed by atoms with Gasteiger partial charge >= 0.3 is 0 Å². The topological polar surface area (TPSA) is 62.1 Å². The molecule has 0 saturated carbocycles. The van der Waals surface area contributed by atoms with Crippen molar-refractivity contribution < 1.29 is 9.47 Å². The molecule has 0 bridgehead atoms. The second-order valence-corrected chi connectivity index (χ2v) is 4.24. The van der Waals surface area contributed by atoms with Gasteiger partial charge in [-0.3, -0.25) is 0 Å². The third-order valence-electron chi connectivity index (χ3n) is 2.33. The molecule has 2 aromatic rings. The number of ether oxygens (including phenoxy) is 2. The Morgan fingerprint density at radius 3 is 2.62 bits per heavy atom. The van der Waals surface area contributed by atoms with E-state index in [0.717, 1.165) is 5.01 Å². The lowest BCUT2D eigenvalue weighted by molar-refractivity contribution is -0.179. The minimum absolute atomic E-state index is 0.424. The molecule has 2 aromatic heterocycles. The van der Waals surface area contributed by atoms with Crippen LogP contribution in [0, 0.1) is 0 Å². The van der Waals surface area contributed by atoms with Gasteiger partial charge in [-0.25, -0.2) is 4.98 Å². The SMILES string of the molecule is c1csc(C2(Cn3nccn3)OCCO2)n1. The van der Waals surface area contributed by atoms with E-state index in [2.05, 4.69) is 15.2 Å². The summed E-state index contributed by atoms with van der Waals surface area (Å²) in [6.07, 6.45) is 5.00. The zero-order valence-corrected chi connectivity index (χ0v) is 9.26. The smallest absolute Gasteiger partial charge is 0.244 e. The zero-order chi connectivity index (χ0) is 10.8. The predicted octanol–water partition coefficient (Wildman–Crippen LogP) is 0.634. The summed E-state index contributed by atoms with van der Waals surface area (Å²) in [6, 6.07) is 0. The highest BCUT2D eigenvalue weighted by molar-refractivity contribution is 7.09. The van der Waals surface area contributed by atoms with Gasteiger partial charge in [0.25, 0.3) is 0 Å². The fraction of sp³-hybridized carbons (Fsp3) is 0.444. The van der Waals surface area contributed by atoms with Gasteiger partial charge in [-0.2, -0.15) is 15.0 Å². The Kier molecular flexibility index (Phi) is 2.43. The molecule has 0 spiro atoms. The Balaban J connectivity index is 1.91. The third kappa shape index (κ3) is 1.62. The molecule has 0 radical (unpaired) electrons. The summed E-state index contributed by atoms with van der Waals surface area (Å²) in [4.78, 5) is 5.80. The van der Waals surface area contributed by atoms with Gasteiger partial charge in [-0.15, -0.1) is 11.3 Å². The van der Waals surface area contributed by atoms with Gasteiger partial charge in [0.1, 0.15) is 6.54 Å². The number of nitrogens with zero attached hydrogens (tertiary/aromatic N) is 4. The van der Waals surface area contributed by atoms with E-state index in [4.69, 9.17) is 9.47 Å². The Hall–Kier alpha value is -1.31. The molecular weight excluding hydrogens is 228 g/mol. The first-order chi connectivity index (χ1) is 7.89. The molecule has 1 fully saturated rings. The number of rotatable bonds is 3. The molecule has 0 N–H and O–H groups in total. The van der Waals surface area contributed by atoms with Crippen molar-refractivity contribution in [1.29, 1.82) is 0 Å². The summed E-state index contributed by atoms with van der Waals surface area (Å²) in [7, 11) is 0. The van der Waals surface area contributed by atoms with Crippen molar-refractivity contribution in [3.63, 3.8) is 0 Å². The summed E-state index contributed by atoms with van der Waals surface area (Å²) in [5.41, 5.74) is 0. The van der Waals surface area contributed by atoms with E-state index in [-0.39, 0.29) is 0 Å². The average molecular weight is 238 g/mol. The van der Waals surface area contributed by atoms with Crippen LogP contribution in [0.2, 0.25) is 0 Å². The molecule has 0 atom stereocenters. The lowest BCUT2D eigenvalue weighted by Crippen LogP contribution is -2.33. The van der Waals surface area contributed by atoms with Crippen molar-refractivity contribution in [2.24, 2.45) is 0 Å². The van der Waals surface area contributed by atoms with E-state index in [1.165, 1.54) is 11.3 Å². The van der Waals surface area contributed by atoms with Crippen molar-refractivity contribution in [2.45, 2.75) is 12.3 Å². The van der Waals surface area contributed by atoms with Crippen LogP contribution in [0.15, 0.2) is 24.0 Å². The molecule has 84 valence electrons. The van der Waals surface area contributed by atoms with E-state index >= 15 is 0 Å². The van der Waals surface area contributed by atoms with Crippen LogP contribution in [0.3, 0.4) is 0 Å². The molecule has 0 amide bonds. The van der Waals surface area contributed by atoms with Gasteiger partial charge in [-0.05, 0) is 0 Å². The van der Waals surface area contributed by atoms with Gasteiger partial charge in [0, 0.05) is 11.6 Å². The Morgan fingerprint density at radius 1 is 1.25 bits per heavy atom. The van der Waals surface area contributed by atoms with Crippen LogP contribution in [-0.2, 0) is 21.8 Å². The first-order valence-electron chi connectivity index (χ1n) is 4.91. The van der Waals surface area contributed by atoms with Gasteiger partial charge in [0.15, 0.2) is 5.01 Å². The Morgan fingerprint density at radius 2 is 2.00 bits per heavy atom. The first kappa shape index (κ1) is 9.88. The quantitative estimate of drug-likeness (QED) is 0.785. The molecule has 16 heavy (non-hydrogen) atoms. The lowest BCUT2D eigenvalue weighted by Gasteiger charge is -2.23. The summed E-state index contributed by atoms with van der Waals surface area (Å²) in [6.45, 7) is 1.56. The molecule has 1 aliphatic rings. The number of aromatic nitrogens is 4. The van der Waals surface area contributed by atoms with E-state index in [0.29, 0.717) is 19.8 Å². The molecule has 3 rings (SSSR count). The second kappa shape index (κ2) is 3.93. The lowest BCUT2D eigenvalue weighted by atomic mass is 10.3. The predicted molar refractivity (Wildman–Crippen MR) is 55.7 cm³/mol. The van der Waals surface area contributed by atoms with Gasteiger partial charge in [0.2, 0.25) is 5.79 Å². The monoisotopic (exact) mass is 238 g/mol. The molecule has 1 saturated heterocycles. The molecule has 0 aromatic carbocycles. The van der Waals surface area contributed by atoms with Crippen LogP contribution in [0.25, 0.3) is 0 Å². The van der Waals surface area contributed by atoms with Gasteiger partial charge < -0.3 is 9.47 Å². The summed E-state index contributed by atoms with van der Waals surface area (Å²) in [5.74, 6) is -0.812. The first-order valence-corrected chi connectivity index (χ1v) is 5.79. The number of hydrogen-bond donors (Lipinski definition) is 0. The summed E-state index contributed by atoms with van der Waals surface area (Å²) < 4.78 is 11.4. The van der Waals surface area contributed by atoms with Crippen molar-refractivity contribution >= 4 is 11.3 Å². The normalized spacial score (nSPS) is 19.0. The molecular formula is C9H10N4O2S. The maximum Gasteiger partial charge on any atom is 0.244 e. The zero-order valence-electron chi connectivity index (χ0n) is 8.44. The highest BCUT2D eigenvalue weighted by atomic mass is 32.1. The highest BCUT2D eigenvalue weighted by Gasteiger charge is 2.42. The highest BCUT2D eigenvalue weighted by Crippen LogP contribution is 2.33. The van der Waals surface area contributed by atoms with E-state index in [1.807, 2.05) is 5.38 Å². The minimum Gasteiger partial charge on any atom is -0.340 e. The Labute approximate surface area is 95.8 Å². The van der Waals surface area contributed by atoms with Crippen molar-refractivity contribution in [2.75, 3.05) is 13.2 Å². The fourth-order valence-corrected chi connectivity index (χ4v) is 2.39. The van der Waals surface area contributed by atoms with Gasteiger partial charge in [0.05, 0.1) is 25.6 Å². The van der Waals surface area contributed by atoms with Crippen molar-refractivity contribution in [1.82, 2.24) is 20.0 Å². The standard InChI is InChI=1S/C9H10N4O2S/c1-2-12-13(11-1)7-9(14-4-5-15-9)8-10-3-6-16-8/h1-3,6H,4-5,7H2. The maximum absolute atomic E-state index is 5.68. The van der Waals surface area contributed by atoms with E-state index < -0.39 is 5.79 Å². The van der Waals surface area contributed by atoms with Gasteiger partial charge in [-0.1, -0.05) is 0 Å². The number of thiazole rings is 1. The van der Waals surface area contributed by atoms with Crippen LogP contribution in [0.5, 0.6) is 0 Å². The van der Waals surface area contributed by atoms with Crippen LogP contribution >= 0.6 is 11.3 Å². The second-order valence-electron chi connectivity index (χ2n) is 3.35. The maximum atomic E-state index is 5.68.